The lowest BCUT2D eigenvalue weighted by Gasteiger charge is -2.31. The first-order valence-corrected chi connectivity index (χ1v) is 13.7. The summed E-state index contributed by atoms with van der Waals surface area (Å²) in [6.07, 6.45) is -14.3. The Kier molecular flexibility index (Phi) is 9.41. The lowest BCUT2D eigenvalue weighted by Crippen LogP contribution is -2.57. The molecular weight excluding hydrogens is 590 g/mol. The lowest BCUT2D eigenvalue weighted by molar-refractivity contribution is -0.152. The number of primary amides is 1. The number of hydrazine groups is 1. The van der Waals surface area contributed by atoms with E-state index >= 15 is 0 Å². The van der Waals surface area contributed by atoms with Crippen molar-refractivity contribution in [2.45, 2.75) is 69.4 Å². The van der Waals surface area contributed by atoms with Gasteiger partial charge in [-0.1, -0.05) is 29.8 Å². The van der Waals surface area contributed by atoms with E-state index in [-0.39, 0.29) is 12.3 Å². The van der Waals surface area contributed by atoms with Crippen molar-refractivity contribution >= 4 is 40.6 Å². The van der Waals surface area contributed by atoms with Crippen molar-refractivity contribution in [1.82, 2.24) is 10.7 Å². The van der Waals surface area contributed by atoms with Crippen LogP contribution in [0.4, 0.5) is 37.7 Å². The number of anilines is 2. The van der Waals surface area contributed by atoms with Crippen LogP contribution in [-0.4, -0.2) is 36.1 Å². The van der Waals surface area contributed by atoms with E-state index in [1.54, 1.807) is 30.3 Å². The monoisotopic (exact) mass is 618 g/mol. The number of alkyl halides is 6. The van der Waals surface area contributed by atoms with Gasteiger partial charge in [-0.2, -0.15) is 31.8 Å². The number of rotatable bonds is 10. The zero-order chi connectivity index (χ0) is 30.8. The summed E-state index contributed by atoms with van der Waals surface area (Å²) in [4.78, 5) is 39.0. The summed E-state index contributed by atoms with van der Waals surface area (Å²) in [6.45, 7) is 0. The number of benzene rings is 2. The number of nitrogens with two attached hydrogens (primary N) is 1. The number of carbonyl (C=O) groups is 3. The van der Waals surface area contributed by atoms with Crippen LogP contribution in [0.15, 0.2) is 42.5 Å². The van der Waals surface area contributed by atoms with Crippen LogP contribution < -0.4 is 21.5 Å². The molecule has 1 fully saturated rings. The van der Waals surface area contributed by atoms with E-state index in [4.69, 9.17) is 17.3 Å². The van der Waals surface area contributed by atoms with Gasteiger partial charge >= 0.3 is 12.4 Å². The number of amides is 2. The van der Waals surface area contributed by atoms with Crippen LogP contribution in [0.1, 0.15) is 55.6 Å². The molecule has 0 unspecified atom stereocenters. The first-order valence-electron chi connectivity index (χ1n) is 13.3. The molecule has 2 amide bonds. The van der Waals surface area contributed by atoms with Crippen LogP contribution in [0.3, 0.4) is 0 Å². The van der Waals surface area contributed by atoms with Gasteiger partial charge in [0.2, 0.25) is 11.8 Å². The second-order valence-electron chi connectivity index (χ2n) is 10.6. The van der Waals surface area contributed by atoms with E-state index in [9.17, 15) is 40.7 Å². The molecule has 0 bridgehead atoms. The van der Waals surface area contributed by atoms with E-state index < -0.39 is 73.6 Å². The van der Waals surface area contributed by atoms with Gasteiger partial charge in [-0.05, 0) is 67.0 Å². The summed E-state index contributed by atoms with van der Waals surface area (Å²) >= 11 is 6.21. The Morgan fingerprint density at radius 1 is 1.00 bits per heavy atom. The predicted octanol–water partition coefficient (Wildman–Crippen LogP) is 5.83. The molecule has 2 aliphatic rings. The van der Waals surface area contributed by atoms with Gasteiger partial charge in [0, 0.05) is 36.1 Å². The second-order valence-corrected chi connectivity index (χ2v) is 11.0. The summed E-state index contributed by atoms with van der Waals surface area (Å²) in [5, 5.41) is 4.26. The highest BCUT2D eigenvalue weighted by Gasteiger charge is 2.41. The van der Waals surface area contributed by atoms with Crippen molar-refractivity contribution in [2.24, 2.45) is 17.6 Å². The SMILES string of the molecule is NC(=O)[C@H](CCC(F)(F)F)[C@H](CCC(F)(F)F)C(=O)N[C@H]1NN(c2cccc(Cl)c2)c2cccc(C3CC3)c2CC1=O. The molecule has 7 nitrogen and oxygen atoms in total. The van der Waals surface area contributed by atoms with Gasteiger partial charge in [-0.3, -0.25) is 19.4 Å². The van der Waals surface area contributed by atoms with Crippen LogP contribution in [0, 0.1) is 11.8 Å². The van der Waals surface area contributed by atoms with E-state index in [1.165, 1.54) is 5.01 Å². The highest BCUT2D eigenvalue weighted by Crippen LogP contribution is 2.45. The topological polar surface area (TPSA) is 105 Å². The zero-order valence-electron chi connectivity index (χ0n) is 22.2. The summed E-state index contributed by atoms with van der Waals surface area (Å²) in [5.74, 6) is -6.55. The molecule has 0 radical (unpaired) electrons. The first kappa shape index (κ1) is 31.6. The molecule has 1 aliphatic carbocycles. The predicted molar refractivity (Wildman–Crippen MR) is 143 cm³/mol. The quantitative estimate of drug-likeness (QED) is 0.291. The molecule has 0 spiro atoms. The molecule has 14 heteroatoms. The minimum absolute atomic E-state index is 0.141. The third-order valence-corrected chi connectivity index (χ3v) is 7.63. The van der Waals surface area contributed by atoms with Gasteiger partial charge in [0.15, 0.2) is 11.9 Å². The lowest BCUT2D eigenvalue weighted by atomic mass is 9.83. The van der Waals surface area contributed by atoms with Gasteiger partial charge in [-0.15, -0.1) is 0 Å². The molecule has 3 atom stereocenters. The fraction of sp³-hybridized carbons (Fsp3) is 0.464. The third-order valence-electron chi connectivity index (χ3n) is 7.40. The maximum absolute atomic E-state index is 13.5. The van der Waals surface area contributed by atoms with Crippen LogP contribution in [0.25, 0.3) is 0 Å². The normalized spacial score (nSPS) is 19.1. The van der Waals surface area contributed by atoms with Crippen LogP contribution in [0.2, 0.25) is 5.02 Å². The molecule has 1 saturated carbocycles. The number of hydrogen-bond acceptors (Lipinski definition) is 5. The molecule has 2 aromatic rings. The third kappa shape index (κ3) is 8.15. The van der Waals surface area contributed by atoms with Gasteiger partial charge in [-0.25, -0.2) is 0 Å². The standard InChI is InChI=1S/C28H29ClF6N4O3/c29-16-3-1-4-17(13-16)39-22-6-2-5-18(15-7-8-15)21(22)14-23(40)25(38-39)37-26(42)20(10-12-28(33,34)35)19(24(36)41)9-11-27(30,31)32/h1-6,13,15,19-20,25,38H,7-12,14H2,(H2,36,41)(H,37,42)/t19-,20+,25+/m1/s1. The Hall–Kier alpha value is -3.32. The molecule has 1 aliphatic heterocycles. The van der Waals surface area contributed by atoms with Crippen molar-refractivity contribution < 1.29 is 40.7 Å². The minimum atomic E-state index is -4.76. The van der Waals surface area contributed by atoms with Crippen molar-refractivity contribution in [3.63, 3.8) is 0 Å². The van der Waals surface area contributed by atoms with Gasteiger partial charge < -0.3 is 11.1 Å². The van der Waals surface area contributed by atoms with Crippen molar-refractivity contribution in [1.29, 1.82) is 0 Å². The molecule has 4 N–H and O–H groups in total. The Balaban J connectivity index is 1.67. The van der Waals surface area contributed by atoms with Crippen LogP contribution in [-0.2, 0) is 20.8 Å². The number of ketones is 1. The average molecular weight is 619 g/mol. The number of halogens is 7. The summed E-state index contributed by atoms with van der Waals surface area (Å²) < 4.78 is 78.2. The van der Waals surface area contributed by atoms with Gasteiger partial charge in [0.1, 0.15) is 0 Å². The van der Waals surface area contributed by atoms with Crippen molar-refractivity contribution in [3.8, 4) is 0 Å². The van der Waals surface area contributed by atoms with Crippen molar-refractivity contribution in [2.75, 3.05) is 5.01 Å². The maximum atomic E-state index is 13.5. The minimum Gasteiger partial charge on any atom is -0.369 e. The Morgan fingerprint density at radius 3 is 2.19 bits per heavy atom. The molecule has 228 valence electrons. The Morgan fingerprint density at radius 2 is 1.62 bits per heavy atom. The van der Waals surface area contributed by atoms with E-state index in [0.717, 1.165) is 18.4 Å². The van der Waals surface area contributed by atoms with E-state index in [2.05, 4.69) is 10.7 Å². The molecule has 4 rings (SSSR count). The molecule has 2 aromatic carbocycles. The number of Topliss-reactive ketones (excluding diaryl/α,β-unsaturated/α-hetero) is 1. The number of fused-ring (bicyclic) bond motifs is 1. The van der Waals surface area contributed by atoms with Crippen molar-refractivity contribution in [3.05, 3.63) is 58.6 Å². The number of carbonyl (C=O) groups excluding carboxylic acids is 3. The Bertz CT molecular complexity index is 1330. The molecular formula is C28H29ClF6N4O3. The number of nitrogens with one attached hydrogen (secondary N) is 2. The summed E-state index contributed by atoms with van der Waals surface area (Å²) in [7, 11) is 0. The van der Waals surface area contributed by atoms with E-state index in [0.29, 0.717) is 22.0 Å². The second kappa shape index (κ2) is 12.5. The van der Waals surface area contributed by atoms with Gasteiger partial charge in [0.05, 0.1) is 11.4 Å². The molecule has 0 aromatic heterocycles. The molecule has 1 heterocycles. The number of hydrogen-bond donors (Lipinski definition) is 3. The van der Waals surface area contributed by atoms with E-state index in [1.807, 2.05) is 12.1 Å². The maximum Gasteiger partial charge on any atom is 0.389 e. The Labute approximate surface area is 242 Å². The fourth-order valence-electron chi connectivity index (χ4n) is 5.20. The van der Waals surface area contributed by atoms with Gasteiger partial charge in [0.25, 0.3) is 0 Å². The summed E-state index contributed by atoms with van der Waals surface area (Å²) in [5.41, 5.74) is 10.9. The molecule has 42 heavy (non-hydrogen) atoms. The highest BCUT2D eigenvalue weighted by molar-refractivity contribution is 6.30. The first-order chi connectivity index (χ1) is 19.6. The molecule has 0 saturated heterocycles. The van der Waals surface area contributed by atoms with Crippen LogP contribution >= 0.6 is 11.6 Å². The number of nitrogens with zero attached hydrogens (tertiary/aromatic N) is 1. The summed E-state index contributed by atoms with van der Waals surface area (Å²) in [6, 6.07) is 12.1. The highest BCUT2D eigenvalue weighted by atomic mass is 35.5. The smallest absolute Gasteiger partial charge is 0.369 e. The average Bonchev–Trinajstić information content (AvgIpc) is 3.73. The fourth-order valence-corrected chi connectivity index (χ4v) is 5.39. The largest absolute Gasteiger partial charge is 0.389 e. The zero-order valence-corrected chi connectivity index (χ0v) is 23.0. The van der Waals surface area contributed by atoms with Crippen LogP contribution in [0.5, 0.6) is 0 Å².